The molecule has 0 spiro atoms. The molecule has 0 fully saturated rings. The van der Waals surface area contributed by atoms with Crippen molar-refractivity contribution in [2.45, 2.75) is 0 Å². The molecule has 0 aliphatic rings. The van der Waals surface area contributed by atoms with Gasteiger partial charge in [-0.05, 0) is 48.1 Å². The van der Waals surface area contributed by atoms with Gasteiger partial charge in [-0.1, -0.05) is 115 Å². The van der Waals surface area contributed by atoms with Gasteiger partial charge in [-0.3, -0.25) is 9.59 Å². The molecule has 0 bridgehead atoms. The van der Waals surface area contributed by atoms with Crippen molar-refractivity contribution in [3.63, 3.8) is 0 Å². The Morgan fingerprint density at radius 1 is 0.475 bits per heavy atom. The van der Waals surface area contributed by atoms with Crippen LogP contribution in [0.2, 0.25) is 0 Å². The van der Waals surface area contributed by atoms with Gasteiger partial charge < -0.3 is 10.2 Å². The number of phenolic OH excluding ortho intramolecular Hbond substituents is 2. The molecule has 5 rings (SSSR count). The van der Waals surface area contributed by atoms with Gasteiger partial charge in [0.15, 0.2) is 12.6 Å². The van der Waals surface area contributed by atoms with Crippen LogP contribution in [0.1, 0.15) is 20.7 Å². The molecule has 0 aliphatic carbocycles. The number of para-hydroxylation sites is 2. The molecule has 0 unspecified atom stereocenters. The second-order valence-corrected chi connectivity index (χ2v) is 18.0. The Morgan fingerprint density at radius 2 is 0.725 bits per heavy atom. The average molecular weight is 767 g/mol. The Bertz CT molecular complexity index is 1270. The minimum atomic E-state index is -0.446. The van der Waals surface area contributed by atoms with Crippen LogP contribution in [0.5, 0.6) is 11.5 Å². The summed E-state index contributed by atoms with van der Waals surface area (Å²) in [5.74, 6) is 0.0694. The Labute approximate surface area is 257 Å². The third-order valence-corrected chi connectivity index (χ3v) is 7.61. The fraction of sp³-hybridized carbons (Fsp3) is 0. The third-order valence-electron chi connectivity index (χ3n) is 5.17. The minimum Gasteiger partial charge on any atom is -0.0622 e. The first kappa shape index (κ1) is 33.3. The van der Waals surface area contributed by atoms with E-state index < -0.39 is 7.92 Å². The molecule has 0 saturated heterocycles. The molecule has 0 amide bonds. The number of aromatic hydroxyl groups is 2. The maximum atomic E-state index is 10.1. The average Bonchev–Trinajstić information content (AvgIpc) is 3.01. The number of phenols is 2. The zero-order valence-corrected chi connectivity index (χ0v) is 27.0. The van der Waals surface area contributed by atoms with E-state index in [0.717, 1.165) is 0 Å². The fourth-order valence-corrected chi connectivity index (χ4v) is 5.66. The topological polar surface area (TPSA) is 74.6 Å². The number of benzene rings is 5. The molecule has 0 saturated carbocycles. The Hall–Kier alpha value is -2.95. The van der Waals surface area contributed by atoms with Crippen molar-refractivity contribution < 1.29 is 33.0 Å². The summed E-state index contributed by atoms with van der Waals surface area (Å²) in [5.41, 5.74) is 0.662. The molecule has 0 atom stereocenters. The molecule has 5 aromatic carbocycles. The summed E-state index contributed by atoms with van der Waals surface area (Å²) in [4.78, 5) is 20.1. The zero-order chi connectivity index (χ0) is 29.0. The van der Waals surface area contributed by atoms with Gasteiger partial charge in [0.2, 0.25) is 0 Å². The van der Waals surface area contributed by atoms with Crippen LogP contribution in [0.4, 0.5) is 0 Å². The number of carbonyl (C=O) groups excluding carboxylic acids is 2. The van der Waals surface area contributed by atoms with E-state index in [2.05, 4.69) is 118 Å². The van der Waals surface area contributed by atoms with Crippen LogP contribution in [-0.2, 0) is 13.2 Å². The molecule has 8 heteroatoms. The molecule has 4 nitrogen and oxygen atoms in total. The Kier molecular flexibility index (Phi) is 16.6. The quantitative estimate of drug-likeness (QED) is 0.110. The molecular formula is C32H27Br2O4PRu. The molecular weight excluding hydrogens is 740 g/mol. The Balaban J connectivity index is 0.000000223. The van der Waals surface area contributed by atoms with Gasteiger partial charge in [0.05, 0.1) is 11.1 Å². The molecule has 0 heterocycles. The Morgan fingerprint density at radius 3 is 0.950 bits per heavy atom. The van der Waals surface area contributed by atoms with Gasteiger partial charge in [-0.15, -0.1) is 0 Å². The summed E-state index contributed by atoms with van der Waals surface area (Å²) in [5, 5.41) is 22.0. The maximum Gasteiger partial charge on any atom is -0.0134 e. The van der Waals surface area contributed by atoms with Gasteiger partial charge in [-0.2, -0.15) is 0 Å². The van der Waals surface area contributed by atoms with E-state index >= 15 is 0 Å². The zero-order valence-electron chi connectivity index (χ0n) is 21.2. The van der Waals surface area contributed by atoms with Crippen molar-refractivity contribution in [1.29, 1.82) is 0 Å². The van der Waals surface area contributed by atoms with Crippen LogP contribution in [-0.4, -0.2) is 22.8 Å². The molecule has 0 aliphatic heterocycles. The van der Waals surface area contributed by atoms with Crippen LogP contribution in [0.15, 0.2) is 140 Å². The van der Waals surface area contributed by atoms with E-state index in [-0.39, 0.29) is 11.5 Å². The molecule has 206 valence electrons. The van der Waals surface area contributed by atoms with Crippen LogP contribution in [0, 0.1) is 0 Å². The predicted molar refractivity (Wildman–Crippen MR) is 170 cm³/mol. The van der Waals surface area contributed by atoms with Gasteiger partial charge in [0, 0.05) is 0 Å². The van der Waals surface area contributed by atoms with Crippen molar-refractivity contribution in [2.24, 2.45) is 0 Å². The number of rotatable bonds is 5. The molecule has 40 heavy (non-hydrogen) atoms. The van der Waals surface area contributed by atoms with Crippen molar-refractivity contribution >= 4 is 63.7 Å². The molecule has 0 aromatic heterocycles. The molecule has 5 aromatic rings. The number of hydrogen-bond acceptors (Lipinski definition) is 4. The SMILES string of the molecule is O=Cc1ccccc1O.O=Cc1ccccc1O.[Br][Ru][Br].c1ccc(P(c2ccccc2)c2ccccc2)cc1. The summed E-state index contributed by atoms with van der Waals surface area (Å²) in [6, 6.07) is 45.1. The van der Waals surface area contributed by atoms with E-state index in [1.165, 1.54) is 28.0 Å². The minimum absolute atomic E-state index is 0.0347. The summed E-state index contributed by atoms with van der Waals surface area (Å²) < 4.78 is 0. The van der Waals surface area contributed by atoms with Gasteiger partial charge >= 0.3 is 40.5 Å². The summed E-state index contributed by atoms with van der Waals surface area (Å²) >= 11 is 6.64. The standard InChI is InChI=1S/C18H15P.2C7H6O2.2BrH.Ru/c1-4-10-16(11-5-1)19(17-12-6-2-7-13-17)18-14-8-3-9-15-18;2*8-5-6-3-1-2-4-7(6)9;;;/h1-15H;2*1-5,9H;2*1H;/q;;;;;+2/p-2. The van der Waals surface area contributed by atoms with Gasteiger partial charge in [0.1, 0.15) is 11.5 Å². The van der Waals surface area contributed by atoms with E-state index in [1.54, 1.807) is 36.4 Å². The maximum absolute atomic E-state index is 10.1. The van der Waals surface area contributed by atoms with Crippen LogP contribution < -0.4 is 15.9 Å². The van der Waals surface area contributed by atoms with Gasteiger partial charge in [-0.25, -0.2) is 0 Å². The van der Waals surface area contributed by atoms with E-state index in [4.69, 9.17) is 10.2 Å². The van der Waals surface area contributed by atoms with Crippen LogP contribution in [0.3, 0.4) is 0 Å². The van der Waals surface area contributed by atoms with Crippen molar-refractivity contribution in [1.82, 2.24) is 0 Å². The van der Waals surface area contributed by atoms with Crippen LogP contribution >= 0.6 is 35.2 Å². The van der Waals surface area contributed by atoms with E-state index in [1.807, 2.05) is 0 Å². The predicted octanol–water partition coefficient (Wildman–Crippen LogP) is 7.54. The molecule has 2 N–H and O–H groups in total. The van der Waals surface area contributed by atoms with Crippen molar-refractivity contribution in [3.8, 4) is 11.5 Å². The van der Waals surface area contributed by atoms with Crippen molar-refractivity contribution in [3.05, 3.63) is 151 Å². The second-order valence-electron chi connectivity index (χ2n) is 7.75. The number of carbonyl (C=O) groups is 2. The number of aldehydes is 2. The summed E-state index contributed by atoms with van der Waals surface area (Å²) in [7, 11) is -0.446. The first-order valence-electron chi connectivity index (χ1n) is 11.8. The smallest absolute Gasteiger partial charge is 0.0134 e. The normalized spacial score (nSPS) is 9.57. The van der Waals surface area contributed by atoms with Crippen molar-refractivity contribution in [2.75, 3.05) is 0 Å². The number of halogens is 2. The summed E-state index contributed by atoms with van der Waals surface area (Å²) in [6.45, 7) is 0. The second kappa shape index (κ2) is 20.0. The first-order chi connectivity index (χ1) is 19.5. The fourth-order valence-electron chi connectivity index (χ4n) is 3.35. The summed E-state index contributed by atoms with van der Waals surface area (Å²) in [6.07, 6.45) is 1.24. The first-order valence-corrected chi connectivity index (χ1v) is 21.1. The number of hydrogen-bond donors (Lipinski definition) is 2. The molecule has 0 radical (unpaired) electrons. The van der Waals surface area contributed by atoms with Gasteiger partial charge in [0.25, 0.3) is 0 Å². The van der Waals surface area contributed by atoms with E-state index in [9.17, 15) is 9.59 Å². The van der Waals surface area contributed by atoms with Crippen LogP contribution in [0.25, 0.3) is 0 Å². The monoisotopic (exact) mass is 766 g/mol. The third kappa shape index (κ3) is 11.7. The van der Waals surface area contributed by atoms with E-state index in [0.29, 0.717) is 36.9 Å². The largest absolute Gasteiger partial charge is 0.0622 e.